The Balaban J connectivity index is 1.62. The predicted molar refractivity (Wildman–Crippen MR) is 107 cm³/mol. The van der Waals surface area contributed by atoms with Crippen molar-refractivity contribution in [2.24, 2.45) is 0 Å². The van der Waals surface area contributed by atoms with Crippen LogP contribution in [0.15, 0.2) is 18.2 Å². The number of carbonyl (C=O) groups excluding carboxylic acids is 3. The number of nitrogens with one attached hydrogen (secondary N) is 4. The maximum Gasteiger partial charge on any atom is 0.256 e. The number of hydrogen-bond donors (Lipinski definition) is 4. The Morgan fingerprint density at radius 3 is 2.79 bits per heavy atom. The van der Waals surface area contributed by atoms with E-state index in [4.69, 9.17) is 0 Å². The van der Waals surface area contributed by atoms with E-state index in [0.29, 0.717) is 58.7 Å². The number of halogens is 1. The predicted octanol–water partition coefficient (Wildman–Crippen LogP) is 2.27. The Kier molecular flexibility index (Phi) is 4.70. The molecule has 2 aliphatic heterocycles. The fraction of sp³-hybridized carbons (Fsp3) is 0.286. The highest BCUT2D eigenvalue weighted by Gasteiger charge is 2.27. The van der Waals surface area contributed by atoms with Gasteiger partial charge < -0.3 is 20.9 Å². The van der Waals surface area contributed by atoms with E-state index < -0.39 is 5.82 Å². The second-order valence-electron chi connectivity index (χ2n) is 7.38. The Morgan fingerprint density at radius 1 is 1.28 bits per heavy atom. The highest BCUT2D eigenvalue weighted by atomic mass is 19.1. The molecular formula is C21H21FN4O3. The summed E-state index contributed by atoms with van der Waals surface area (Å²) in [6, 6.07) is 4.02. The van der Waals surface area contributed by atoms with Gasteiger partial charge in [0.1, 0.15) is 5.82 Å². The summed E-state index contributed by atoms with van der Waals surface area (Å²) in [6.07, 6.45) is 2.62. The SMILES string of the molecule is Cc1[nH]c(C=C2C(=O)Nc3ccc(F)cc32)c(C)c1C(=O)N[C@H]1CCC(=O)NC1. The van der Waals surface area contributed by atoms with Gasteiger partial charge in [0.15, 0.2) is 0 Å². The van der Waals surface area contributed by atoms with Crippen LogP contribution in [0.4, 0.5) is 10.1 Å². The molecule has 0 saturated carbocycles. The van der Waals surface area contributed by atoms with Crippen LogP contribution in [0.2, 0.25) is 0 Å². The lowest BCUT2D eigenvalue weighted by Crippen LogP contribution is -2.47. The van der Waals surface area contributed by atoms with Gasteiger partial charge in [-0.2, -0.15) is 0 Å². The summed E-state index contributed by atoms with van der Waals surface area (Å²) in [4.78, 5) is 39.6. The molecule has 8 heteroatoms. The summed E-state index contributed by atoms with van der Waals surface area (Å²) in [5.41, 5.74) is 3.88. The van der Waals surface area contributed by atoms with Crippen molar-refractivity contribution in [3.8, 4) is 0 Å². The smallest absolute Gasteiger partial charge is 0.256 e. The first-order chi connectivity index (χ1) is 13.8. The van der Waals surface area contributed by atoms with Crippen molar-refractivity contribution >= 4 is 35.1 Å². The highest BCUT2D eigenvalue weighted by Crippen LogP contribution is 2.34. The van der Waals surface area contributed by atoms with Gasteiger partial charge in [-0.1, -0.05) is 0 Å². The number of fused-ring (bicyclic) bond motifs is 1. The van der Waals surface area contributed by atoms with Crippen molar-refractivity contribution in [1.82, 2.24) is 15.6 Å². The molecule has 0 unspecified atom stereocenters. The summed E-state index contributed by atoms with van der Waals surface area (Å²) in [5.74, 6) is -0.985. The molecular weight excluding hydrogens is 375 g/mol. The van der Waals surface area contributed by atoms with Gasteiger partial charge in [-0.15, -0.1) is 0 Å². The molecule has 1 saturated heterocycles. The number of aromatic nitrogens is 1. The molecule has 3 heterocycles. The molecule has 4 N–H and O–H groups in total. The van der Waals surface area contributed by atoms with Crippen molar-refractivity contribution in [2.45, 2.75) is 32.7 Å². The molecule has 1 aromatic carbocycles. The third-order valence-corrected chi connectivity index (χ3v) is 5.36. The average molecular weight is 396 g/mol. The van der Waals surface area contributed by atoms with E-state index in [-0.39, 0.29) is 23.8 Å². The summed E-state index contributed by atoms with van der Waals surface area (Å²) in [5, 5.41) is 8.41. The number of piperidine rings is 1. The number of hydrogen-bond acceptors (Lipinski definition) is 3. The van der Waals surface area contributed by atoms with Crippen molar-refractivity contribution < 1.29 is 18.8 Å². The molecule has 0 aliphatic carbocycles. The minimum absolute atomic E-state index is 0.00928. The topological polar surface area (TPSA) is 103 Å². The lowest BCUT2D eigenvalue weighted by Gasteiger charge is -2.23. The number of rotatable bonds is 3. The largest absolute Gasteiger partial charge is 0.358 e. The second-order valence-corrected chi connectivity index (χ2v) is 7.38. The fourth-order valence-electron chi connectivity index (χ4n) is 3.82. The molecule has 1 fully saturated rings. The maximum atomic E-state index is 13.6. The Morgan fingerprint density at radius 2 is 2.07 bits per heavy atom. The lowest BCUT2D eigenvalue weighted by atomic mass is 10.0. The Bertz CT molecular complexity index is 1060. The van der Waals surface area contributed by atoms with Crippen LogP contribution in [0.5, 0.6) is 0 Å². The van der Waals surface area contributed by atoms with Gasteiger partial charge in [0.05, 0.1) is 11.1 Å². The standard InChI is InChI=1S/C21H21FN4O3/c1-10-17(8-15-14-7-12(22)3-5-16(14)26-20(15)28)24-11(2)19(10)21(29)25-13-4-6-18(27)23-9-13/h3,5,7-8,13,24H,4,6,9H2,1-2H3,(H,23,27)(H,25,29)(H,26,28)/t13-/m0/s1. The van der Waals surface area contributed by atoms with E-state index in [1.165, 1.54) is 18.2 Å². The van der Waals surface area contributed by atoms with Crippen LogP contribution >= 0.6 is 0 Å². The molecule has 7 nitrogen and oxygen atoms in total. The number of aryl methyl sites for hydroxylation is 1. The first-order valence-electron chi connectivity index (χ1n) is 9.43. The number of carbonyl (C=O) groups is 3. The molecule has 29 heavy (non-hydrogen) atoms. The third kappa shape index (κ3) is 3.53. The minimum atomic E-state index is -0.426. The van der Waals surface area contributed by atoms with Gasteiger partial charge in [-0.3, -0.25) is 14.4 Å². The zero-order valence-corrected chi connectivity index (χ0v) is 16.1. The van der Waals surface area contributed by atoms with Gasteiger partial charge >= 0.3 is 0 Å². The van der Waals surface area contributed by atoms with Crippen LogP contribution < -0.4 is 16.0 Å². The number of H-pyrrole nitrogens is 1. The zero-order chi connectivity index (χ0) is 20.7. The van der Waals surface area contributed by atoms with Crippen LogP contribution in [0.25, 0.3) is 11.6 Å². The molecule has 2 aromatic rings. The molecule has 0 spiro atoms. The number of benzene rings is 1. The summed E-state index contributed by atoms with van der Waals surface area (Å²) in [7, 11) is 0. The van der Waals surface area contributed by atoms with Crippen molar-refractivity contribution in [2.75, 3.05) is 11.9 Å². The van der Waals surface area contributed by atoms with Crippen molar-refractivity contribution in [3.05, 3.63) is 52.1 Å². The third-order valence-electron chi connectivity index (χ3n) is 5.36. The molecule has 3 amide bonds. The summed E-state index contributed by atoms with van der Waals surface area (Å²) >= 11 is 0. The fourth-order valence-corrected chi connectivity index (χ4v) is 3.82. The monoisotopic (exact) mass is 396 g/mol. The van der Waals surface area contributed by atoms with Crippen LogP contribution in [-0.4, -0.2) is 35.3 Å². The van der Waals surface area contributed by atoms with Gasteiger partial charge in [-0.25, -0.2) is 4.39 Å². The van der Waals surface area contributed by atoms with Gasteiger partial charge in [0.2, 0.25) is 5.91 Å². The van der Waals surface area contributed by atoms with Gasteiger partial charge in [-0.05, 0) is 50.1 Å². The summed E-state index contributed by atoms with van der Waals surface area (Å²) in [6.45, 7) is 3.99. The summed E-state index contributed by atoms with van der Waals surface area (Å²) < 4.78 is 13.6. The lowest BCUT2D eigenvalue weighted by molar-refractivity contribution is -0.122. The van der Waals surface area contributed by atoms with Gasteiger partial charge in [0, 0.05) is 41.6 Å². The highest BCUT2D eigenvalue weighted by molar-refractivity contribution is 6.34. The van der Waals surface area contributed by atoms with Crippen LogP contribution in [-0.2, 0) is 9.59 Å². The first-order valence-corrected chi connectivity index (χ1v) is 9.43. The van der Waals surface area contributed by atoms with Crippen molar-refractivity contribution in [3.63, 3.8) is 0 Å². The Labute approximate surface area is 166 Å². The normalized spacial score (nSPS) is 19.7. The minimum Gasteiger partial charge on any atom is -0.358 e. The van der Waals surface area contributed by atoms with E-state index in [0.717, 1.165) is 0 Å². The van der Waals surface area contributed by atoms with E-state index in [1.54, 1.807) is 19.9 Å². The van der Waals surface area contributed by atoms with Gasteiger partial charge in [0.25, 0.3) is 11.8 Å². The van der Waals surface area contributed by atoms with E-state index in [1.807, 2.05) is 0 Å². The van der Waals surface area contributed by atoms with E-state index >= 15 is 0 Å². The van der Waals surface area contributed by atoms with Crippen LogP contribution in [0.3, 0.4) is 0 Å². The van der Waals surface area contributed by atoms with Crippen LogP contribution in [0, 0.1) is 19.7 Å². The quantitative estimate of drug-likeness (QED) is 0.599. The zero-order valence-electron chi connectivity index (χ0n) is 16.1. The average Bonchev–Trinajstić information content (AvgIpc) is 3.13. The second kappa shape index (κ2) is 7.20. The molecule has 2 aliphatic rings. The molecule has 0 radical (unpaired) electrons. The molecule has 0 bridgehead atoms. The van der Waals surface area contributed by atoms with E-state index in [2.05, 4.69) is 20.9 Å². The van der Waals surface area contributed by atoms with E-state index in [9.17, 15) is 18.8 Å². The number of anilines is 1. The first kappa shape index (κ1) is 18.9. The van der Waals surface area contributed by atoms with Crippen molar-refractivity contribution in [1.29, 1.82) is 0 Å². The molecule has 1 aromatic heterocycles. The molecule has 4 rings (SSSR count). The number of amides is 3. The maximum absolute atomic E-state index is 13.6. The number of aromatic amines is 1. The molecule has 1 atom stereocenters. The Hall–Kier alpha value is -3.42. The molecule has 150 valence electrons. The van der Waals surface area contributed by atoms with Crippen LogP contribution in [0.1, 0.15) is 45.7 Å².